The quantitative estimate of drug-likeness (QED) is 0.525. The number of carbonyl (C=O) groups excluding carboxylic acids is 1. The minimum Gasteiger partial charge on any atom is -0.505 e. The van der Waals surface area contributed by atoms with Crippen LogP contribution in [0.25, 0.3) is 11.0 Å². The van der Waals surface area contributed by atoms with Crippen molar-refractivity contribution in [1.29, 1.82) is 0 Å². The molecule has 0 unspecified atom stereocenters. The summed E-state index contributed by atoms with van der Waals surface area (Å²) in [5.41, 5.74) is -1.18. The second-order valence-corrected chi connectivity index (χ2v) is 5.25. The van der Waals surface area contributed by atoms with E-state index in [-0.39, 0.29) is 29.5 Å². The largest absolute Gasteiger partial charge is 0.505 e. The Labute approximate surface area is 135 Å². The smallest absolute Gasteiger partial charge is 0.349 e. The zero-order valence-corrected chi connectivity index (χ0v) is 12.7. The minimum absolute atomic E-state index is 0.0240. The summed E-state index contributed by atoms with van der Waals surface area (Å²) in [5.74, 6) is -3.06. The third-order valence-electron chi connectivity index (χ3n) is 3.40. The summed E-state index contributed by atoms with van der Waals surface area (Å²) < 4.78 is 18.3. The monoisotopic (exact) mass is 337 g/mol. The van der Waals surface area contributed by atoms with Crippen LogP contribution in [0.15, 0.2) is 27.4 Å². The number of aromatic hydroxyl groups is 1. The fraction of sp³-hybridized carbons (Fsp3) is 0.312. The molecular weight excluding hydrogens is 321 g/mol. The van der Waals surface area contributed by atoms with E-state index in [0.29, 0.717) is 19.3 Å². The van der Waals surface area contributed by atoms with Crippen molar-refractivity contribution in [3.63, 3.8) is 0 Å². The summed E-state index contributed by atoms with van der Waals surface area (Å²) >= 11 is 0. The Kier molecular flexibility index (Phi) is 5.51. The molecule has 8 heteroatoms. The van der Waals surface area contributed by atoms with Gasteiger partial charge in [0.25, 0.3) is 5.91 Å². The molecule has 3 N–H and O–H groups in total. The van der Waals surface area contributed by atoms with Gasteiger partial charge in [0.05, 0.1) is 0 Å². The van der Waals surface area contributed by atoms with Crippen molar-refractivity contribution in [2.24, 2.45) is 0 Å². The number of nitrogens with one attached hydrogen (secondary N) is 1. The maximum absolute atomic E-state index is 13.3. The van der Waals surface area contributed by atoms with Crippen molar-refractivity contribution >= 4 is 22.8 Å². The van der Waals surface area contributed by atoms with E-state index in [1.807, 2.05) is 0 Å². The molecular formula is C16H16FNO6. The van der Waals surface area contributed by atoms with Gasteiger partial charge in [0, 0.05) is 24.4 Å². The average molecular weight is 337 g/mol. The molecule has 0 aliphatic rings. The Bertz CT molecular complexity index is 829. The number of carboxylic acids is 1. The van der Waals surface area contributed by atoms with Gasteiger partial charge in [0.2, 0.25) is 0 Å². The third-order valence-corrected chi connectivity index (χ3v) is 3.40. The van der Waals surface area contributed by atoms with Crippen molar-refractivity contribution < 1.29 is 28.6 Å². The van der Waals surface area contributed by atoms with Gasteiger partial charge in [-0.1, -0.05) is 6.42 Å². The molecule has 1 heterocycles. The lowest BCUT2D eigenvalue weighted by molar-refractivity contribution is -0.137. The summed E-state index contributed by atoms with van der Waals surface area (Å²) in [5, 5.41) is 20.5. The van der Waals surface area contributed by atoms with E-state index in [0.717, 1.165) is 12.1 Å². The number of halogens is 1. The van der Waals surface area contributed by atoms with Crippen LogP contribution in [0.3, 0.4) is 0 Å². The predicted octanol–water partition coefficient (Wildman–Crippen LogP) is 2.01. The molecule has 7 nitrogen and oxygen atoms in total. The van der Waals surface area contributed by atoms with Gasteiger partial charge in [0.1, 0.15) is 11.1 Å². The van der Waals surface area contributed by atoms with Gasteiger partial charge >= 0.3 is 11.6 Å². The highest BCUT2D eigenvalue weighted by Crippen LogP contribution is 2.23. The number of phenols is 1. The first-order valence-corrected chi connectivity index (χ1v) is 7.35. The maximum Gasteiger partial charge on any atom is 0.349 e. The molecule has 0 atom stereocenters. The van der Waals surface area contributed by atoms with Crippen LogP contribution in [0.4, 0.5) is 4.39 Å². The van der Waals surface area contributed by atoms with Gasteiger partial charge in [-0.3, -0.25) is 9.59 Å². The van der Waals surface area contributed by atoms with Gasteiger partial charge in [-0.05, 0) is 25.0 Å². The van der Waals surface area contributed by atoms with Gasteiger partial charge < -0.3 is 19.9 Å². The average Bonchev–Trinajstić information content (AvgIpc) is 2.51. The molecule has 128 valence electrons. The highest BCUT2D eigenvalue weighted by Gasteiger charge is 2.15. The van der Waals surface area contributed by atoms with E-state index in [4.69, 9.17) is 9.52 Å². The zero-order valence-electron chi connectivity index (χ0n) is 12.7. The number of unbranched alkanes of at least 4 members (excludes halogenated alkanes) is 2. The molecule has 24 heavy (non-hydrogen) atoms. The minimum atomic E-state index is -0.892. The van der Waals surface area contributed by atoms with Gasteiger partial charge in [-0.25, -0.2) is 9.18 Å². The van der Waals surface area contributed by atoms with E-state index in [9.17, 15) is 23.9 Å². The number of hydrogen-bond acceptors (Lipinski definition) is 5. The summed E-state index contributed by atoms with van der Waals surface area (Å²) in [6.45, 7) is 0.278. The highest BCUT2D eigenvalue weighted by molar-refractivity contribution is 5.96. The third kappa shape index (κ3) is 4.31. The van der Waals surface area contributed by atoms with Crippen molar-refractivity contribution in [2.75, 3.05) is 6.54 Å². The number of amides is 1. The topological polar surface area (TPSA) is 117 Å². The summed E-state index contributed by atoms with van der Waals surface area (Å²) in [7, 11) is 0. The van der Waals surface area contributed by atoms with E-state index in [1.54, 1.807) is 0 Å². The van der Waals surface area contributed by atoms with Crippen LogP contribution in [0, 0.1) is 5.82 Å². The molecule has 1 aromatic carbocycles. The van der Waals surface area contributed by atoms with Gasteiger partial charge in [-0.2, -0.15) is 0 Å². The molecule has 2 aromatic rings. The fourth-order valence-corrected chi connectivity index (χ4v) is 2.16. The second kappa shape index (κ2) is 7.58. The number of hydrogen-bond donors (Lipinski definition) is 3. The van der Waals surface area contributed by atoms with E-state index >= 15 is 0 Å². The molecule has 0 radical (unpaired) electrons. The SMILES string of the molecule is O=C(O)CCCCCNC(=O)c1cc2cc(F)c(O)cc2oc1=O. The Morgan fingerprint density at radius 1 is 1.17 bits per heavy atom. The standard InChI is InChI=1S/C16H16FNO6/c17-11-7-9-6-10(16(23)24-13(9)8-12(11)19)15(22)18-5-3-1-2-4-14(20)21/h6-8,19H,1-5H2,(H,18,22)(H,20,21). The predicted molar refractivity (Wildman–Crippen MR) is 82.5 cm³/mol. The van der Waals surface area contributed by atoms with Crippen molar-refractivity contribution in [3.05, 3.63) is 40.0 Å². The van der Waals surface area contributed by atoms with Crippen LogP contribution in [0.5, 0.6) is 5.75 Å². The molecule has 2 rings (SSSR count). The molecule has 0 spiro atoms. The number of phenolic OH excluding ortho intramolecular Hbond substituents is 1. The Balaban J connectivity index is 2.01. The lowest BCUT2D eigenvalue weighted by Gasteiger charge is -2.05. The van der Waals surface area contributed by atoms with Crippen molar-refractivity contribution in [2.45, 2.75) is 25.7 Å². The molecule has 0 saturated heterocycles. The maximum atomic E-state index is 13.3. The van der Waals surface area contributed by atoms with Crippen LogP contribution < -0.4 is 10.9 Å². The second-order valence-electron chi connectivity index (χ2n) is 5.25. The number of fused-ring (bicyclic) bond motifs is 1. The number of benzene rings is 1. The van der Waals surface area contributed by atoms with E-state index in [1.165, 1.54) is 6.07 Å². The highest BCUT2D eigenvalue weighted by atomic mass is 19.1. The van der Waals surface area contributed by atoms with Crippen molar-refractivity contribution in [1.82, 2.24) is 5.32 Å². The number of carbonyl (C=O) groups is 2. The van der Waals surface area contributed by atoms with Crippen LogP contribution in [-0.2, 0) is 4.79 Å². The number of rotatable bonds is 7. The van der Waals surface area contributed by atoms with Crippen LogP contribution in [0.1, 0.15) is 36.0 Å². The lowest BCUT2D eigenvalue weighted by atomic mass is 10.1. The molecule has 1 amide bonds. The number of carboxylic acid groups (broad SMARTS) is 1. The number of aliphatic carboxylic acids is 1. The first kappa shape index (κ1) is 17.5. The van der Waals surface area contributed by atoms with E-state index < -0.39 is 29.1 Å². The summed E-state index contributed by atoms with van der Waals surface area (Å²) in [6.07, 6.45) is 1.77. The normalized spacial score (nSPS) is 10.7. The molecule has 0 aliphatic carbocycles. The first-order valence-electron chi connectivity index (χ1n) is 7.35. The molecule has 1 aromatic heterocycles. The van der Waals surface area contributed by atoms with Crippen LogP contribution >= 0.6 is 0 Å². The van der Waals surface area contributed by atoms with Crippen molar-refractivity contribution in [3.8, 4) is 5.75 Å². The first-order chi connectivity index (χ1) is 11.4. The van der Waals surface area contributed by atoms with Crippen LogP contribution in [0.2, 0.25) is 0 Å². The lowest BCUT2D eigenvalue weighted by Crippen LogP contribution is -2.29. The molecule has 0 bridgehead atoms. The zero-order chi connectivity index (χ0) is 17.7. The van der Waals surface area contributed by atoms with Gasteiger partial charge in [-0.15, -0.1) is 0 Å². The van der Waals surface area contributed by atoms with Crippen LogP contribution in [-0.4, -0.2) is 28.6 Å². The molecule has 0 fully saturated rings. The van der Waals surface area contributed by atoms with Gasteiger partial charge in [0.15, 0.2) is 11.6 Å². The Morgan fingerprint density at radius 2 is 1.92 bits per heavy atom. The Hall–Kier alpha value is -2.90. The molecule has 0 aliphatic heterocycles. The summed E-state index contributed by atoms with van der Waals surface area (Å²) in [4.78, 5) is 34.2. The fourth-order valence-electron chi connectivity index (χ4n) is 2.16. The summed E-state index contributed by atoms with van der Waals surface area (Å²) in [6, 6.07) is 3.13. The Morgan fingerprint density at radius 3 is 2.62 bits per heavy atom. The molecule has 0 saturated carbocycles. The van der Waals surface area contributed by atoms with E-state index in [2.05, 4.69) is 5.32 Å².